The fourth-order valence-corrected chi connectivity index (χ4v) is 2.98. The normalized spacial score (nSPS) is 12.3. The zero-order valence-corrected chi connectivity index (χ0v) is 18.0. The molecule has 0 aliphatic rings. The lowest BCUT2D eigenvalue weighted by molar-refractivity contribution is 0.398. The molecule has 28 heavy (non-hydrogen) atoms. The van der Waals surface area contributed by atoms with Gasteiger partial charge >= 0.3 is 0 Å². The Morgan fingerprint density at radius 2 is 1.79 bits per heavy atom. The van der Waals surface area contributed by atoms with Crippen LogP contribution < -0.4 is 25.4 Å². The van der Waals surface area contributed by atoms with E-state index in [-0.39, 0.29) is 5.54 Å². The molecular weight excluding hydrogens is 354 g/mol. The van der Waals surface area contributed by atoms with Crippen LogP contribution >= 0.6 is 0 Å². The largest absolute Gasteiger partial charge is 0.497 e. The summed E-state index contributed by atoms with van der Waals surface area (Å²) in [5.74, 6) is 2.44. The number of guanidine groups is 1. The smallest absolute Gasteiger partial charge is 0.191 e. The minimum absolute atomic E-state index is 0.130. The number of benzene rings is 1. The zero-order valence-electron chi connectivity index (χ0n) is 18.0. The summed E-state index contributed by atoms with van der Waals surface area (Å²) in [6.07, 6.45) is 1.93. The molecule has 1 heterocycles. The van der Waals surface area contributed by atoms with Crippen LogP contribution in [0.1, 0.15) is 32.9 Å². The van der Waals surface area contributed by atoms with Crippen molar-refractivity contribution in [2.45, 2.75) is 39.2 Å². The van der Waals surface area contributed by atoms with Gasteiger partial charge in [0.05, 0.1) is 19.7 Å². The highest BCUT2D eigenvalue weighted by Gasteiger charge is 2.09. The number of aromatic nitrogens is 1. The zero-order chi connectivity index (χ0) is 20.6. The van der Waals surface area contributed by atoms with Gasteiger partial charge < -0.3 is 30.4 Å². The number of hydrogen-bond donors (Lipinski definition) is 4. The predicted molar refractivity (Wildman–Crippen MR) is 117 cm³/mol. The van der Waals surface area contributed by atoms with Gasteiger partial charge in [0.1, 0.15) is 11.5 Å². The van der Waals surface area contributed by atoms with Gasteiger partial charge in [-0.1, -0.05) is 0 Å². The topological polar surface area (TPSA) is 82.7 Å². The summed E-state index contributed by atoms with van der Waals surface area (Å²) in [5, 5.41) is 11.2. The maximum absolute atomic E-state index is 5.48. The third-order valence-electron chi connectivity index (χ3n) is 4.40. The standard InChI is InChI=1S/C21H35N5O2/c1-21(2,3)25-11-10-24-20(22-4)23-9-7-8-15-12-17-18(26-15)13-16(27-5)14-19(17)28-6/h12-14,25-26H,7-11H2,1-6H3,(H2,22,23,24). The minimum Gasteiger partial charge on any atom is -0.497 e. The molecule has 4 N–H and O–H groups in total. The van der Waals surface area contributed by atoms with E-state index in [1.165, 1.54) is 5.69 Å². The summed E-state index contributed by atoms with van der Waals surface area (Å²) in [7, 11) is 5.14. The van der Waals surface area contributed by atoms with Crippen molar-refractivity contribution < 1.29 is 9.47 Å². The predicted octanol–water partition coefficient (Wildman–Crippen LogP) is 2.67. The number of hydrogen-bond acceptors (Lipinski definition) is 4. The monoisotopic (exact) mass is 389 g/mol. The van der Waals surface area contributed by atoms with Gasteiger partial charge in [-0.15, -0.1) is 0 Å². The summed E-state index contributed by atoms with van der Waals surface area (Å²) < 4.78 is 10.8. The van der Waals surface area contributed by atoms with Crippen LogP contribution in [0.4, 0.5) is 0 Å². The Morgan fingerprint density at radius 3 is 2.43 bits per heavy atom. The number of methoxy groups -OCH3 is 2. The Balaban J connectivity index is 1.79. The third-order valence-corrected chi connectivity index (χ3v) is 4.40. The second-order valence-corrected chi connectivity index (χ2v) is 7.79. The highest BCUT2D eigenvalue weighted by molar-refractivity contribution is 5.88. The number of nitrogens with one attached hydrogen (secondary N) is 4. The highest BCUT2D eigenvalue weighted by atomic mass is 16.5. The molecule has 0 saturated carbocycles. The number of H-pyrrole nitrogens is 1. The molecule has 1 aromatic carbocycles. The molecule has 1 aromatic heterocycles. The Bertz CT molecular complexity index is 777. The molecule has 156 valence electrons. The van der Waals surface area contributed by atoms with Crippen molar-refractivity contribution in [3.8, 4) is 11.5 Å². The van der Waals surface area contributed by atoms with Crippen LogP contribution in [0.3, 0.4) is 0 Å². The van der Waals surface area contributed by atoms with Crippen LogP contribution in [0.25, 0.3) is 10.9 Å². The average molecular weight is 390 g/mol. The molecule has 2 rings (SSSR count). The number of ether oxygens (including phenoxy) is 2. The molecule has 0 amide bonds. The summed E-state index contributed by atoms with van der Waals surface area (Å²) in [6, 6.07) is 6.06. The number of aromatic amines is 1. The van der Waals surface area contributed by atoms with Crippen molar-refractivity contribution in [3.05, 3.63) is 23.9 Å². The van der Waals surface area contributed by atoms with E-state index in [1.807, 2.05) is 12.1 Å². The molecule has 0 aliphatic heterocycles. The summed E-state index contributed by atoms with van der Waals surface area (Å²) in [5.41, 5.74) is 2.34. The molecular formula is C21H35N5O2. The van der Waals surface area contributed by atoms with E-state index in [2.05, 4.69) is 52.8 Å². The first-order chi connectivity index (χ1) is 13.4. The van der Waals surface area contributed by atoms with Gasteiger partial charge in [0.15, 0.2) is 5.96 Å². The van der Waals surface area contributed by atoms with Gasteiger partial charge in [0, 0.05) is 55.4 Å². The molecule has 0 fully saturated rings. The van der Waals surface area contributed by atoms with Gasteiger partial charge in [-0.2, -0.15) is 0 Å². The summed E-state index contributed by atoms with van der Waals surface area (Å²) in [6.45, 7) is 9.06. The van der Waals surface area contributed by atoms with Gasteiger partial charge in [-0.05, 0) is 39.7 Å². The molecule has 0 radical (unpaired) electrons. The van der Waals surface area contributed by atoms with Crippen molar-refractivity contribution in [1.82, 2.24) is 20.9 Å². The molecule has 0 spiro atoms. The maximum Gasteiger partial charge on any atom is 0.191 e. The first-order valence-corrected chi connectivity index (χ1v) is 9.79. The Morgan fingerprint density at radius 1 is 1.04 bits per heavy atom. The quantitative estimate of drug-likeness (QED) is 0.301. The molecule has 7 nitrogen and oxygen atoms in total. The van der Waals surface area contributed by atoms with Gasteiger partial charge in [-0.3, -0.25) is 4.99 Å². The van der Waals surface area contributed by atoms with Crippen LogP contribution in [-0.2, 0) is 6.42 Å². The highest BCUT2D eigenvalue weighted by Crippen LogP contribution is 2.31. The van der Waals surface area contributed by atoms with E-state index in [4.69, 9.17) is 9.47 Å². The Labute approximate surface area is 168 Å². The van der Waals surface area contributed by atoms with Crippen molar-refractivity contribution in [2.75, 3.05) is 40.9 Å². The lowest BCUT2D eigenvalue weighted by atomic mass is 10.1. The van der Waals surface area contributed by atoms with Crippen LogP contribution in [0, 0.1) is 0 Å². The fourth-order valence-electron chi connectivity index (χ4n) is 2.98. The molecule has 0 atom stereocenters. The van der Waals surface area contributed by atoms with E-state index in [0.717, 1.165) is 60.8 Å². The maximum atomic E-state index is 5.48. The van der Waals surface area contributed by atoms with Crippen molar-refractivity contribution >= 4 is 16.9 Å². The number of fused-ring (bicyclic) bond motifs is 1. The second kappa shape index (κ2) is 10.2. The molecule has 0 unspecified atom stereocenters. The molecule has 2 aromatic rings. The Hall–Kier alpha value is -2.41. The number of aryl methyl sites for hydroxylation is 1. The lowest BCUT2D eigenvalue weighted by Gasteiger charge is -2.21. The van der Waals surface area contributed by atoms with E-state index in [9.17, 15) is 0 Å². The molecule has 7 heteroatoms. The molecule has 0 bridgehead atoms. The number of aliphatic imine (C=N–C) groups is 1. The van der Waals surface area contributed by atoms with Gasteiger partial charge in [0.25, 0.3) is 0 Å². The van der Waals surface area contributed by atoms with Crippen LogP contribution in [0.15, 0.2) is 23.2 Å². The second-order valence-electron chi connectivity index (χ2n) is 7.79. The van der Waals surface area contributed by atoms with E-state index < -0.39 is 0 Å². The first-order valence-electron chi connectivity index (χ1n) is 9.79. The Kier molecular flexibility index (Phi) is 7.99. The SMILES string of the molecule is CN=C(NCCCc1cc2c(OC)cc(OC)cc2[nH]1)NCCNC(C)(C)C. The van der Waals surface area contributed by atoms with E-state index in [0.29, 0.717) is 0 Å². The average Bonchev–Trinajstić information content (AvgIpc) is 3.07. The van der Waals surface area contributed by atoms with Crippen LogP contribution in [-0.4, -0.2) is 57.4 Å². The summed E-state index contributed by atoms with van der Waals surface area (Å²) in [4.78, 5) is 7.73. The molecule has 0 aliphatic carbocycles. The molecule has 0 saturated heterocycles. The van der Waals surface area contributed by atoms with E-state index >= 15 is 0 Å². The van der Waals surface area contributed by atoms with Crippen molar-refractivity contribution in [3.63, 3.8) is 0 Å². The van der Waals surface area contributed by atoms with E-state index in [1.54, 1.807) is 21.3 Å². The van der Waals surface area contributed by atoms with Crippen LogP contribution in [0.2, 0.25) is 0 Å². The number of nitrogens with zero attached hydrogens (tertiary/aromatic N) is 1. The first kappa shape index (κ1) is 21.9. The number of rotatable bonds is 9. The lowest BCUT2D eigenvalue weighted by Crippen LogP contribution is -2.44. The van der Waals surface area contributed by atoms with Gasteiger partial charge in [0.2, 0.25) is 0 Å². The summed E-state index contributed by atoms with van der Waals surface area (Å²) >= 11 is 0. The van der Waals surface area contributed by atoms with Gasteiger partial charge in [-0.25, -0.2) is 0 Å². The minimum atomic E-state index is 0.130. The van der Waals surface area contributed by atoms with Crippen molar-refractivity contribution in [1.29, 1.82) is 0 Å². The van der Waals surface area contributed by atoms with Crippen molar-refractivity contribution in [2.24, 2.45) is 4.99 Å². The fraction of sp³-hybridized carbons (Fsp3) is 0.571. The van der Waals surface area contributed by atoms with Crippen LogP contribution in [0.5, 0.6) is 11.5 Å². The third kappa shape index (κ3) is 6.64.